The highest BCUT2D eigenvalue weighted by Crippen LogP contribution is 2.14. The van der Waals surface area contributed by atoms with Crippen LogP contribution in [0.4, 0.5) is 4.39 Å². The molecule has 0 atom stereocenters. The molecule has 0 fully saturated rings. The summed E-state index contributed by atoms with van der Waals surface area (Å²) in [6, 6.07) is 19.0. The molecular formula is C24H19FN2O4. The number of hydrogen-bond acceptors (Lipinski definition) is 5. The van der Waals surface area contributed by atoms with Crippen molar-refractivity contribution >= 4 is 24.2 Å². The molecule has 7 heteroatoms. The third-order valence-corrected chi connectivity index (χ3v) is 4.11. The van der Waals surface area contributed by atoms with Crippen molar-refractivity contribution in [2.75, 3.05) is 7.11 Å². The Hall–Kier alpha value is -4.26. The Kier molecular flexibility index (Phi) is 7.26. The van der Waals surface area contributed by atoms with Crippen LogP contribution in [0.1, 0.15) is 21.5 Å². The zero-order chi connectivity index (χ0) is 22.1. The van der Waals surface area contributed by atoms with Gasteiger partial charge in [-0.25, -0.2) is 14.6 Å². The summed E-state index contributed by atoms with van der Waals surface area (Å²) in [5, 5.41) is 3.86. The van der Waals surface area contributed by atoms with Crippen LogP contribution >= 0.6 is 0 Å². The number of carbonyl (C=O) groups is 2. The molecule has 0 aliphatic heterocycles. The Morgan fingerprint density at radius 2 is 1.48 bits per heavy atom. The van der Waals surface area contributed by atoms with Crippen LogP contribution in [0.2, 0.25) is 0 Å². The fourth-order valence-corrected chi connectivity index (χ4v) is 2.48. The maximum absolute atomic E-state index is 12.9. The molecule has 1 amide bonds. The molecule has 3 aromatic carbocycles. The van der Waals surface area contributed by atoms with E-state index in [1.54, 1.807) is 49.6 Å². The van der Waals surface area contributed by atoms with Crippen LogP contribution < -0.4 is 14.9 Å². The van der Waals surface area contributed by atoms with Gasteiger partial charge < -0.3 is 9.47 Å². The molecule has 156 valence electrons. The summed E-state index contributed by atoms with van der Waals surface area (Å²) in [4.78, 5) is 23.9. The first kappa shape index (κ1) is 21.4. The topological polar surface area (TPSA) is 77.0 Å². The van der Waals surface area contributed by atoms with Crippen molar-refractivity contribution < 1.29 is 23.5 Å². The van der Waals surface area contributed by atoms with E-state index in [9.17, 15) is 14.0 Å². The van der Waals surface area contributed by atoms with Crippen LogP contribution in [-0.4, -0.2) is 25.2 Å². The number of rotatable bonds is 7. The SMILES string of the molecule is COc1ccc(/C=C/C(=O)Oc2ccc(/C=N/NC(=O)c3ccc(F)cc3)cc2)cc1. The van der Waals surface area contributed by atoms with Crippen LogP contribution in [0.3, 0.4) is 0 Å². The lowest BCUT2D eigenvalue weighted by atomic mass is 10.2. The second-order valence-corrected chi connectivity index (χ2v) is 6.30. The summed E-state index contributed by atoms with van der Waals surface area (Å²) in [5.41, 5.74) is 4.18. The van der Waals surface area contributed by atoms with E-state index in [1.807, 2.05) is 12.1 Å². The molecule has 3 rings (SSSR count). The van der Waals surface area contributed by atoms with Gasteiger partial charge in [0, 0.05) is 11.6 Å². The van der Waals surface area contributed by atoms with Gasteiger partial charge >= 0.3 is 5.97 Å². The number of nitrogens with one attached hydrogen (secondary N) is 1. The third kappa shape index (κ3) is 6.64. The highest BCUT2D eigenvalue weighted by atomic mass is 19.1. The van der Waals surface area contributed by atoms with Crippen molar-refractivity contribution in [3.8, 4) is 11.5 Å². The molecular weight excluding hydrogens is 399 g/mol. The van der Waals surface area contributed by atoms with Crippen molar-refractivity contribution in [3.63, 3.8) is 0 Å². The fourth-order valence-electron chi connectivity index (χ4n) is 2.48. The number of amides is 1. The van der Waals surface area contributed by atoms with Crippen LogP contribution in [0.25, 0.3) is 6.08 Å². The maximum atomic E-state index is 12.9. The summed E-state index contributed by atoms with van der Waals surface area (Å²) < 4.78 is 23.2. The van der Waals surface area contributed by atoms with E-state index in [-0.39, 0.29) is 0 Å². The number of carbonyl (C=O) groups excluding carboxylic acids is 2. The summed E-state index contributed by atoms with van der Waals surface area (Å²) in [7, 11) is 1.59. The van der Waals surface area contributed by atoms with Gasteiger partial charge in [-0.2, -0.15) is 5.10 Å². The molecule has 0 unspecified atom stereocenters. The second-order valence-electron chi connectivity index (χ2n) is 6.30. The zero-order valence-electron chi connectivity index (χ0n) is 16.6. The van der Waals surface area contributed by atoms with Gasteiger partial charge in [0.1, 0.15) is 17.3 Å². The molecule has 0 aromatic heterocycles. The van der Waals surface area contributed by atoms with Crippen LogP contribution in [0, 0.1) is 5.82 Å². The Balaban J connectivity index is 1.50. The Bertz CT molecular complexity index is 1090. The molecule has 0 saturated heterocycles. The molecule has 31 heavy (non-hydrogen) atoms. The average molecular weight is 418 g/mol. The van der Waals surface area contributed by atoms with Gasteiger partial charge in [0.2, 0.25) is 0 Å². The second kappa shape index (κ2) is 10.5. The minimum Gasteiger partial charge on any atom is -0.497 e. The van der Waals surface area contributed by atoms with Gasteiger partial charge in [-0.05, 0) is 77.9 Å². The molecule has 3 aromatic rings. The summed E-state index contributed by atoms with van der Waals surface area (Å²) in [6.45, 7) is 0. The highest BCUT2D eigenvalue weighted by molar-refractivity contribution is 5.94. The molecule has 0 saturated carbocycles. The molecule has 0 spiro atoms. The lowest BCUT2D eigenvalue weighted by Crippen LogP contribution is -2.17. The Morgan fingerprint density at radius 1 is 0.871 bits per heavy atom. The van der Waals surface area contributed by atoms with Crippen molar-refractivity contribution in [1.29, 1.82) is 0 Å². The lowest BCUT2D eigenvalue weighted by Gasteiger charge is -2.02. The molecule has 6 nitrogen and oxygen atoms in total. The van der Waals surface area contributed by atoms with Crippen LogP contribution in [0.15, 0.2) is 84.0 Å². The van der Waals surface area contributed by atoms with Crippen LogP contribution in [0.5, 0.6) is 11.5 Å². The lowest BCUT2D eigenvalue weighted by molar-refractivity contribution is -0.128. The fraction of sp³-hybridized carbons (Fsp3) is 0.0417. The van der Waals surface area contributed by atoms with Crippen molar-refractivity contribution in [2.24, 2.45) is 5.10 Å². The third-order valence-electron chi connectivity index (χ3n) is 4.11. The summed E-state index contributed by atoms with van der Waals surface area (Å²) in [6.07, 6.45) is 4.42. The number of ether oxygens (including phenoxy) is 2. The van der Waals surface area contributed by atoms with E-state index in [2.05, 4.69) is 10.5 Å². The largest absolute Gasteiger partial charge is 0.497 e. The minimum absolute atomic E-state index is 0.295. The quantitative estimate of drug-likeness (QED) is 0.205. The van der Waals surface area contributed by atoms with Gasteiger partial charge in [-0.3, -0.25) is 4.79 Å². The highest BCUT2D eigenvalue weighted by Gasteiger charge is 2.04. The monoisotopic (exact) mass is 418 g/mol. The predicted molar refractivity (Wildman–Crippen MR) is 116 cm³/mol. The van der Waals surface area contributed by atoms with Gasteiger partial charge in [0.15, 0.2) is 0 Å². The van der Waals surface area contributed by atoms with E-state index in [0.717, 1.165) is 11.3 Å². The minimum atomic E-state index is -0.510. The molecule has 1 N–H and O–H groups in total. The molecule has 0 heterocycles. The molecule has 0 aliphatic rings. The molecule has 0 aliphatic carbocycles. The summed E-state index contributed by atoms with van der Waals surface area (Å²) >= 11 is 0. The normalized spacial score (nSPS) is 10.9. The van der Waals surface area contributed by atoms with Gasteiger partial charge in [0.25, 0.3) is 5.91 Å². The molecule has 0 bridgehead atoms. The van der Waals surface area contributed by atoms with Gasteiger partial charge in [-0.1, -0.05) is 12.1 Å². The Morgan fingerprint density at radius 3 is 2.13 bits per heavy atom. The number of nitrogens with zero attached hydrogens (tertiary/aromatic N) is 1. The number of esters is 1. The first-order valence-electron chi connectivity index (χ1n) is 9.26. The first-order chi connectivity index (χ1) is 15.0. The van der Waals surface area contributed by atoms with E-state index in [0.29, 0.717) is 16.9 Å². The Labute approximate surface area is 178 Å². The van der Waals surface area contributed by atoms with E-state index in [1.165, 1.54) is 36.6 Å². The zero-order valence-corrected chi connectivity index (χ0v) is 16.6. The maximum Gasteiger partial charge on any atom is 0.336 e. The smallest absolute Gasteiger partial charge is 0.336 e. The van der Waals surface area contributed by atoms with Crippen molar-refractivity contribution in [3.05, 3.63) is 101 Å². The number of hydrogen-bond donors (Lipinski definition) is 1. The average Bonchev–Trinajstić information content (AvgIpc) is 2.79. The van der Waals surface area contributed by atoms with Gasteiger partial charge in [0.05, 0.1) is 13.3 Å². The van der Waals surface area contributed by atoms with Gasteiger partial charge in [-0.15, -0.1) is 0 Å². The first-order valence-corrected chi connectivity index (χ1v) is 9.26. The van der Waals surface area contributed by atoms with Crippen molar-refractivity contribution in [1.82, 2.24) is 5.43 Å². The summed E-state index contributed by atoms with van der Waals surface area (Å²) in [5.74, 6) is -0.276. The standard InChI is InChI=1S/C24H19FN2O4/c1-30-21-11-2-17(3-12-21)6-15-23(28)31-22-13-4-18(5-14-22)16-26-27-24(29)19-7-9-20(25)10-8-19/h2-16H,1H3,(H,27,29)/b15-6+,26-16+. The van der Waals surface area contributed by atoms with E-state index >= 15 is 0 Å². The number of halogens is 1. The number of hydrazone groups is 1. The van der Waals surface area contributed by atoms with E-state index < -0.39 is 17.7 Å². The number of methoxy groups -OCH3 is 1. The number of benzene rings is 3. The van der Waals surface area contributed by atoms with E-state index in [4.69, 9.17) is 9.47 Å². The molecule has 0 radical (unpaired) electrons. The van der Waals surface area contributed by atoms with Crippen molar-refractivity contribution in [2.45, 2.75) is 0 Å². The van der Waals surface area contributed by atoms with Crippen LogP contribution in [-0.2, 0) is 4.79 Å². The predicted octanol–water partition coefficient (Wildman–Crippen LogP) is 4.22.